The van der Waals surface area contributed by atoms with E-state index in [9.17, 15) is 17.2 Å². The Labute approximate surface area is 176 Å². The van der Waals surface area contributed by atoms with Crippen molar-refractivity contribution in [1.29, 1.82) is 0 Å². The molecule has 0 spiro atoms. The number of hydrogen-bond acceptors (Lipinski definition) is 4. The van der Waals surface area contributed by atoms with E-state index in [-0.39, 0.29) is 22.8 Å². The molecule has 154 valence electrons. The third-order valence-electron chi connectivity index (χ3n) is 4.57. The first kappa shape index (κ1) is 20.2. The molecule has 6 nitrogen and oxygen atoms in total. The number of aromatic nitrogens is 3. The quantitative estimate of drug-likeness (QED) is 0.455. The summed E-state index contributed by atoms with van der Waals surface area (Å²) in [5.41, 5.74) is 0.720. The standard InChI is InChI=1S/C20H15ClF2N4O2S/c1-13-24-25-20-19(3-2-10-26(13)20)30(28,29)27(12-14-4-6-15(21)7-5-14)16-8-9-17(22)18(23)11-16/h2-11H,12H2,1H3. The van der Waals surface area contributed by atoms with Crippen molar-refractivity contribution in [1.82, 2.24) is 14.6 Å². The zero-order chi connectivity index (χ0) is 21.5. The van der Waals surface area contributed by atoms with Gasteiger partial charge in [-0.1, -0.05) is 23.7 Å². The Morgan fingerprint density at radius 1 is 1.03 bits per heavy atom. The summed E-state index contributed by atoms with van der Waals surface area (Å²) in [4.78, 5) is -0.107. The van der Waals surface area contributed by atoms with Gasteiger partial charge < -0.3 is 0 Å². The van der Waals surface area contributed by atoms with Crippen molar-refractivity contribution < 1.29 is 17.2 Å². The maximum atomic E-state index is 13.9. The summed E-state index contributed by atoms with van der Waals surface area (Å²) in [5, 5.41) is 8.38. The zero-order valence-electron chi connectivity index (χ0n) is 15.6. The number of anilines is 1. The van der Waals surface area contributed by atoms with E-state index in [1.165, 1.54) is 12.1 Å². The second kappa shape index (κ2) is 7.66. The molecule has 0 aliphatic rings. The smallest absolute Gasteiger partial charge is 0.268 e. The molecule has 10 heteroatoms. The fourth-order valence-corrected chi connectivity index (χ4v) is 4.73. The van der Waals surface area contributed by atoms with Crippen LogP contribution in [0.5, 0.6) is 0 Å². The highest BCUT2D eigenvalue weighted by molar-refractivity contribution is 7.93. The van der Waals surface area contributed by atoms with Gasteiger partial charge in [-0.2, -0.15) is 0 Å². The first-order chi connectivity index (χ1) is 14.3. The number of halogens is 3. The summed E-state index contributed by atoms with van der Waals surface area (Å²) in [6.45, 7) is 1.57. The van der Waals surface area contributed by atoms with Crippen molar-refractivity contribution >= 4 is 33.0 Å². The van der Waals surface area contributed by atoms with Gasteiger partial charge in [-0.25, -0.2) is 17.2 Å². The molecule has 4 rings (SSSR count). The molecule has 0 radical (unpaired) electrons. The van der Waals surface area contributed by atoms with Gasteiger partial charge >= 0.3 is 0 Å². The average molecular weight is 449 g/mol. The Hall–Kier alpha value is -3.04. The van der Waals surface area contributed by atoms with Gasteiger partial charge in [0.05, 0.1) is 12.2 Å². The number of pyridine rings is 1. The van der Waals surface area contributed by atoms with Gasteiger partial charge in [-0.05, 0) is 48.9 Å². The van der Waals surface area contributed by atoms with E-state index < -0.39 is 21.7 Å². The monoisotopic (exact) mass is 448 g/mol. The predicted octanol–water partition coefficient (Wildman–Crippen LogP) is 4.36. The summed E-state index contributed by atoms with van der Waals surface area (Å²) in [5.74, 6) is -1.71. The van der Waals surface area contributed by atoms with Gasteiger partial charge in [-0.3, -0.25) is 8.71 Å². The molecule has 2 aromatic carbocycles. The fourth-order valence-electron chi connectivity index (χ4n) is 3.04. The van der Waals surface area contributed by atoms with Gasteiger partial charge in [0, 0.05) is 17.3 Å². The second-order valence-corrected chi connectivity index (χ2v) is 8.82. The van der Waals surface area contributed by atoms with Crippen molar-refractivity contribution in [3.8, 4) is 0 Å². The Morgan fingerprint density at radius 3 is 2.47 bits per heavy atom. The molecule has 2 heterocycles. The molecule has 0 saturated carbocycles. The Balaban J connectivity index is 1.88. The van der Waals surface area contributed by atoms with Crippen molar-refractivity contribution in [3.63, 3.8) is 0 Å². The maximum Gasteiger partial charge on any atom is 0.268 e. The van der Waals surface area contributed by atoms with Gasteiger partial charge in [0.25, 0.3) is 10.0 Å². The van der Waals surface area contributed by atoms with E-state index in [2.05, 4.69) is 10.2 Å². The SMILES string of the molecule is Cc1nnc2c(S(=O)(=O)N(Cc3ccc(Cl)cc3)c3ccc(F)c(F)c3)cccn12. The largest absolute Gasteiger partial charge is 0.286 e. The van der Waals surface area contributed by atoms with Crippen LogP contribution < -0.4 is 4.31 Å². The van der Waals surface area contributed by atoms with Crippen LogP contribution in [0.2, 0.25) is 5.02 Å². The minimum atomic E-state index is -4.22. The molecule has 0 saturated heterocycles. The average Bonchev–Trinajstić information content (AvgIpc) is 3.10. The molecule has 0 unspecified atom stereocenters. The topological polar surface area (TPSA) is 67.6 Å². The molecule has 0 bridgehead atoms. The summed E-state index contributed by atoms with van der Waals surface area (Å²) in [6.07, 6.45) is 1.64. The molecule has 0 N–H and O–H groups in total. The number of benzene rings is 2. The molecule has 2 aromatic heterocycles. The van der Waals surface area contributed by atoms with Crippen LogP contribution in [0.15, 0.2) is 65.7 Å². The molecule has 0 atom stereocenters. The first-order valence-corrected chi connectivity index (χ1v) is 10.6. The van der Waals surface area contributed by atoms with Crippen molar-refractivity contribution in [3.05, 3.63) is 88.8 Å². The van der Waals surface area contributed by atoms with E-state index >= 15 is 0 Å². The molecule has 4 aromatic rings. The van der Waals surface area contributed by atoms with Crippen LogP contribution in [0.25, 0.3) is 5.65 Å². The van der Waals surface area contributed by atoms with E-state index in [4.69, 9.17) is 11.6 Å². The maximum absolute atomic E-state index is 13.9. The number of fused-ring (bicyclic) bond motifs is 1. The van der Waals surface area contributed by atoms with Crippen LogP contribution in [0.1, 0.15) is 11.4 Å². The van der Waals surface area contributed by atoms with Crippen molar-refractivity contribution in [2.75, 3.05) is 4.31 Å². The lowest BCUT2D eigenvalue weighted by molar-refractivity contribution is 0.508. The van der Waals surface area contributed by atoms with Crippen LogP contribution >= 0.6 is 11.6 Å². The highest BCUT2D eigenvalue weighted by Gasteiger charge is 2.29. The van der Waals surface area contributed by atoms with Gasteiger partial charge in [0.2, 0.25) is 0 Å². The van der Waals surface area contributed by atoms with Crippen LogP contribution in [0.3, 0.4) is 0 Å². The lowest BCUT2D eigenvalue weighted by Gasteiger charge is -2.25. The third-order valence-corrected chi connectivity index (χ3v) is 6.61. The van der Waals surface area contributed by atoms with E-state index in [1.807, 2.05) is 0 Å². The molecule has 0 amide bonds. The number of nitrogens with zero attached hydrogens (tertiary/aromatic N) is 4. The highest BCUT2D eigenvalue weighted by atomic mass is 35.5. The van der Waals surface area contributed by atoms with Gasteiger partial charge in [0.1, 0.15) is 10.7 Å². The van der Waals surface area contributed by atoms with Gasteiger partial charge in [-0.15, -0.1) is 10.2 Å². The predicted molar refractivity (Wildman–Crippen MR) is 109 cm³/mol. The summed E-state index contributed by atoms with van der Waals surface area (Å²) in [7, 11) is -4.22. The molecular weight excluding hydrogens is 434 g/mol. The molecule has 30 heavy (non-hydrogen) atoms. The van der Waals surface area contributed by atoms with Crippen LogP contribution in [0, 0.1) is 18.6 Å². The first-order valence-electron chi connectivity index (χ1n) is 8.80. The third kappa shape index (κ3) is 3.61. The summed E-state index contributed by atoms with van der Waals surface area (Å²) >= 11 is 5.92. The van der Waals surface area contributed by atoms with E-state index in [0.29, 0.717) is 16.4 Å². The number of rotatable bonds is 5. The lowest BCUT2D eigenvalue weighted by Crippen LogP contribution is -2.31. The fraction of sp³-hybridized carbons (Fsp3) is 0.100. The molecule has 0 fully saturated rings. The Morgan fingerprint density at radius 2 is 1.77 bits per heavy atom. The van der Waals surface area contributed by atoms with Crippen LogP contribution in [0.4, 0.5) is 14.5 Å². The van der Waals surface area contributed by atoms with Crippen molar-refractivity contribution in [2.24, 2.45) is 0 Å². The number of hydrogen-bond donors (Lipinski definition) is 0. The van der Waals surface area contributed by atoms with E-state index in [0.717, 1.165) is 16.4 Å². The van der Waals surface area contributed by atoms with E-state index in [1.54, 1.807) is 47.9 Å². The highest BCUT2D eigenvalue weighted by Crippen LogP contribution is 2.29. The Kier molecular flexibility index (Phi) is 5.17. The summed E-state index contributed by atoms with van der Waals surface area (Å²) < 4.78 is 57.2. The van der Waals surface area contributed by atoms with Gasteiger partial charge in [0.15, 0.2) is 17.3 Å². The van der Waals surface area contributed by atoms with Crippen LogP contribution in [-0.4, -0.2) is 23.0 Å². The minimum absolute atomic E-state index is 0.0258. The normalized spacial score (nSPS) is 11.7. The zero-order valence-corrected chi connectivity index (χ0v) is 17.2. The van der Waals surface area contributed by atoms with Crippen molar-refractivity contribution in [2.45, 2.75) is 18.4 Å². The molecular formula is C20H15ClF2N4O2S. The Bertz CT molecular complexity index is 1340. The molecule has 0 aliphatic heterocycles. The second-order valence-electron chi connectivity index (χ2n) is 6.55. The lowest BCUT2D eigenvalue weighted by atomic mass is 10.2. The van der Waals surface area contributed by atoms with Crippen LogP contribution in [-0.2, 0) is 16.6 Å². The number of sulfonamides is 1. The number of aryl methyl sites for hydroxylation is 1. The molecule has 0 aliphatic carbocycles. The summed E-state index contributed by atoms with van der Waals surface area (Å²) in [6, 6.07) is 12.5. The minimum Gasteiger partial charge on any atom is -0.286 e.